The molecule has 0 bridgehead atoms. The highest BCUT2D eigenvalue weighted by Crippen LogP contribution is 2.16. The molecular formula is C22H20N6O6. The Morgan fingerprint density at radius 3 is 1.29 bits per heavy atom. The summed E-state index contributed by atoms with van der Waals surface area (Å²) < 4.78 is 0. The van der Waals surface area contributed by atoms with Crippen LogP contribution in [0.25, 0.3) is 0 Å². The molecule has 3 rings (SSSR count). The van der Waals surface area contributed by atoms with Gasteiger partial charge in [0.1, 0.15) is 0 Å². The zero-order valence-corrected chi connectivity index (χ0v) is 17.7. The molecule has 0 aliphatic rings. The van der Waals surface area contributed by atoms with E-state index in [4.69, 9.17) is 0 Å². The molecule has 0 spiro atoms. The molecule has 12 nitrogen and oxygen atoms in total. The Labute approximate surface area is 193 Å². The molecule has 0 aliphatic heterocycles. The molecule has 4 N–H and O–H groups in total. The number of anilines is 2. The number of hydrogen-bond donors (Lipinski definition) is 4. The van der Waals surface area contributed by atoms with Gasteiger partial charge in [0.25, 0.3) is 11.4 Å². The zero-order chi connectivity index (χ0) is 24.5. The Morgan fingerprint density at radius 1 is 0.618 bits per heavy atom. The lowest BCUT2D eigenvalue weighted by Gasteiger charge is -2.13. The molecule has 0 saturated heterocycles. The van der Waals surface area contributed by atoms with Gasteiger partial charge in [0.2, 0.25) is 0 Å². The van der Waals surface area contributed by atoms with E-state index < -0.39 is 21.9 Å². The molecule has 3 aromatic rings. The van der Waals surface area contributed by atoms with Crippen LogP contribution in [0.3, 0.4) is 0 Å². The number of benzene rings is 3. The fourth-order valence-electron chi connectivity index (χ4n) is 2.94. The fourth-order valence-corrected chi connectivity index (χ4v) is 2.94. The second-order valence-corrected chi connectivity index (χ2v) is 6.99. The van der Waals surface area contributed by atoms with Crippen molar-refractivity contribution >= 4 is 34.8 Å². The highest BCUT2D eigenvalue weighted by Gasteiger charge is 2.10. The third kappa shape index (κ3) is 6.75. The van der Waals surface area contributed by atoms with Crippen molar-refractivity contribution in [3.05, 3.63) is 104 Å². The van der Waals surface area contributed by atoms with Gasteiger partial charge >= 0.3 is 12.1 Å². The average Bonchev–Trinajstić information content (AvgIpc) is 2.82. The van der Waals surface area contributed by atoms with Crippen LogP contribution in [0.5, 0.6) is 0 Å². The number of hydrogen-bond acceptors (Lipinski definition) is 6. The summed E-state index contributed by atoms with van der Waals surface area (Å²) in [5.41, 5.74) is 2.20. The van der Waals surface area contributed by atoms with Gasteiger partial charge in [-0.1, -0.05) is 24.3 Å². The van der Waals surface area contributed by atoms with E-state index in [0.29, 0.717) is 11.4 Å². The van der Waals surface area contributed by atoms with Crippen LogP contribution in [0.15, 0.2) is 72.8 Å². The van der Waals surface area contributed by atoms with E-state index in [1.165, 1.54) is 48.5 Å². The van der Waals surface area contributed by atoms with E-state index in [1.54, 1.807) is 24.3 Å². The minimum atomic E-state index is -0.527. The summed E-state index contributed by atoms with van der Waals surface area (Å²) in [6.07, 6.45) is 0. The third-order valence-electron chi connectivity index (χ3n) is 4.67. The second-order valence-electron chi connectivity index (χ2n) is 6.99. The van der Waals surface area contributed by atoms with Crippen LogP contribution in [0.4, 0.5) is 32.3 Å². The van der Waals surface area contributed by atoms with Crippen LogP contribution in [-0.2, 0) is 13.1 Å². The summed E-state index contributed by atoms with van der Waals surface area (Å²) in [4.78, 5) is 44.7. The van der Waals surface area contributed by atoms with E-state index in [0.717, 1.165) is 11.1 Å². The number of non-ortho nitro benzene ring substituents is 2. The molecule has 0 fully saturated rings. The Bertz CT molecular complexity index is 1100. The molecule has 0 heterocycles. The quantitative estimate of drug-likeness (QED) is 0.288. The van der Waals surface area contributed by atoms with Crippen LogP contribution >= 0.6 is 0 Å². The number of urea groups is 2. The smallest absolute Gasteiger partial charge is 0.319 e. The SMILES string of the molecule is O=C(NCc1ccccc1CNC(=O)Nc1ccc([N+](=O)[O-])cc1)Nc1ccc([N+](=O)[O-])cc1. The van der Waals surface area contributed by atoms with E-state index in [9.17, 15) is 29.8 Å². The van der Waals surface area contributed by atoms with Crippen molar-refractivity contribution in [1.29, 1.82) is 0 Å². The van der Waals surface area contributed by atoms with Crippen molar-refractivity contribution in [1.82, 2.24) is 10.6 Å². The summed E-state index contributed by atoms with van der Waals surface area (Å²) in [5.74, 6) is 0. The Hall–Kier alpha value is -5.00. The molecule has 174 valence electrons. The van der Waals surface area contributed by atoms with E-state index in [2.05, 4.69) is 21.3 Å². The zero-order valence-electron chi connectivity index (χ0n) is 17.7. The summed E-state index contributed by atoms with van der Waals surface area (Å²) in [7, 11) is 0. The van der Waals surface area contributed by atoms with Crippen LogP contribution in [0.2, 0.25) is 0 Å². The number of carbonyl (C=O) groups excluding carboxylic acids is 2. The summed E-state index contributed by atoms with van der Waals surface area (Å²) in [5, 5.41) is 32.0. The molecule has 0 radical (unpaired) electrons. The molecular weight excluding hydrogens is 444 g/mol. The van der Waals surface area contributed by atoms with Gasteiger partial charge in [-0.3, -0.25) is 20.2 Å². The predicted molar refractivity (Wildman–Crippen MR) is 124 cm³/mol. The molecule has 0 aliphatic carbocycles. The minimum absolute atomic E-state index is 0.0787. The van der Waals surface area contributed by atoms with Gasteiger partial charge in [-0.15, -0.1) is 0 Å². The van der Waals surface area contributed by atoms with Gasteiger partial charge < -0.3 is 21.3 Å². The lowest BCUT2D eigenvalue weighted by atomic mass is 10.1. The first-order chi connectivity index (χ1) is 16.3. The predicted octanol–water partition coefficient (Wildman–Crippen LogP) is 4.15. The van der Waals surface area contributed by atoms with Crippen LogP contribution in [0, 0.1) is 20.2 Å². The first kappa shape index (κ1) is 23.7. The van der Waals surface area contributed by atoms with Crippen LogP contribution < -0.4 is 21.3 Å². The van der Waals surface area contributed by atoms with Gasteiger partial charge in [0.15, 0.2) is 0 Å². The monoisotopic (exact) mass is 464 g/mol. The maximum absolute atomic E-state index is 12.2. The maximum atomic E-state index is 12.2. The van der Waals surface area contributed by atoms with E-state index in [-0.39, 0.29) is 24.5 Å². The number of carbonyl (C=O) groups is 2. The van der Waals surface area contributed by atoms with Crippen molar-refractivity contribution in [2.45, 2.75) is 13.1 Å². The Kier molecular flexibility index (Phi) is 7.68. The summed E-state index contributed by atoms with van der Waals surface area (Å²) in [6.45, 7) is 0.362. The number of nitro groups is 2. The van der Waals surface area contributed by atoms with Crippen LogP contribution in [-0.4, -0.2) is 21.9 Å². The largest absolute Gasteiger partial charge is 0.334 e. The van der Waals surface area contributed by atoms with Crippen molar-refractivity contribution in [3.63, 3.8) is 0 Å². The third-order valence-corrected chi connectivity index (χ3v) is 4.67. The normalized spacial score (nSPS) is 10.1. The lowest BCUT2D eigenvalue weighted by molar-refractivity contribution is -0.385. The molecule has 0 aromatic heterocycles. The molecule has 12 heteroatoms. The summed E-state index contributed by atoms with van der Waals surface area (Å²) in [6, 6.07) is 17.1. The molecule has 3 aromatic carbocycles. The topological polar surface area (TPSA) is 169 Å². The molecule has 4 amide bonds. The first-order valence-electron chi connectivity index (χ1n) is 9.97. The molecule has 0 atom stereocenters. The standard InChI is InChI=1S/C22H20N6O6/c29-21(25-17-5-9-19(10-6-17)27(31)32)23-13-15-3-1-2-4-16(15)14-24-22(30)26-18-7-11-20(12-8-18)28(33)34/h1-12H,13-14H2,(H2,23,25,29)(H2,24,26,30). The lowest BCUT2D eigenvalue weighted by Crippen LogP contribution is -2.30. The minimum Gasteiger partial charge on any atom is -0.334 e. The second kappa shape index (κ2) is 11.0. The van der Waals surface area contributed by atoms with Gasteiger partial charge in [-0.25, -0.2) is 9.59 Å². The van der Waals surface area contributed by atoms with Gasteiger partial charge in [0, 0.05) is 48.7 Å². The van der Waals surface area contributed by atoms with Crippen molar-refractivity contribution in [2.24, 2.45) is 0 Å². The number of amides is 4. The molecule has 0 saturated carbocycles. The van der Waals surface area contributed by atoms with Gasteiger partial charge in [-0.05, 0) is 35.4 Å². The fraction of sp³-hybridized carbons (Fsp3) is 0.0909. The maximum Gasteiger partial charge on any atom is 0.319 e. The van der Waals surface area contributed by atoms with Crippen molar-refractivity contribution in [3.8, 4) is 0 Å². The van der Waals surface area contributed by atoms with Gasteiger partial charge in [0.05, 0.1) is 9.85 Å². The highest BCUT2D eigenvalue weighted by atomic mass is 16.6. The first-order valence-corrected chi connectivity index (χ1v) is 9.97. The highest BCUT2D eigenvalue weighted by molar-refractivity contribution is 5.90. The Balaban J connectivity index is 1.50. The molecule has 34 heavy (non-hydrogen) atoms. The number of nitrogens with zero attached hydrogens (tertiary/aromatic N) is 2. The van der Waals surface area contributed by atoms with E-state index in [1.807, 2.05) is 0 Å². The van der Waals surface area contributed by atoms with Gasteiger partial charge in [-0.2, -0.15) is 0 Å². The Morgan fingerprint density at radius 2 is 0.971 bits per heavy atom. The van der Waals surface area contributed by atoms with Crippen molar-refractivity contribution < 1.29 is 19.4 Å². The van der Waals surface area contributed by atoms with Crippen molar-refractivity contribution in [2.75, 3.05) is 10.6 Å². The molecule has 0 unspecified atom stereocenters. The average molecular weight is 464 g/mol. The number of rotatable bonds is 8. The summed E-state index contributed by atoms with van der Waals surface area (Å²) >= 11 is 0. The van der Waals surface area contributed by atoms with Crippen LogP contribution in [0.1, 0.15) is 11.1 Å². The van der Waals surface area contributed by atoms with E-state index >= 15 is 0 Å². The number of nitro benzene ring substituents is 2. The number of nitrogens with one attached hydrogen (secondary N) is 4.